The summed E-state index contributed by atoms with van der Waals surface area (Å²) in [7, 11) is 0. The maximum atomic E-state index is 12.9. The molecule has 0 aliphatic carbocycles. The van der Waals surface area contributed by atoms with E-state index in [1.807, 2.05) is 66.1 Å². The Balaban J connectivity index is 1.86. The van der Waals surface area contributed by atoms with Gasteiger partial charge < -0.3 is 15.0 Å². The number of nitrogens with zero attached hydrogens (tertiary/aromatic N) is 3. The minimum atomic E-state index is -0.454. The van der Waals surface area contributed by atoms with Crippen molar-refractivity contribution >= 4 is 34.0 Å². The highest BCUT2D eigenvalue weighted by molar-refractivity contribution is 6.08. The van der Waals surface area contributed by atoms with Crippen LogP contribution in [0, 0.1) is 5.92 Å². The number of hydrogen-bond acceptors (Lipinski definition) is 5. The van der Waals surface area contributed by atoms with Gasteiger partial charge in [0.05, 0.1) is 24.2 Å². The molecule has 0 spiro atoms. The summed E-state index contributed by atoms with van der Waals surface area (Å²) in [4.78, 5) is 22.4. The lowest BCUT2D eigenvalue weighted by molar-refractivity contribution is 0.0450. The van der Waals surface area contributed by atoms with Crippen molar-refractivity contribution in [2.75, 3.05) is 12.3 Å². The Hall–Kier alpha value is -3.41. The van der Waals surface area contributed by atoms with Gasteiger partial charge in [-0.3, -0.25) is 0 Å². The summed E-state index contributed by atoms with van der Waals surface area (Å²) in [5.41, 5.74) is 10.3. The predicted octanol–water partition coefficient (Wildman–Crippen LogP) is 4.42. The standard InChI is InChI=1S/C23H24N4O2/c1-3-15(2)14-29-23(28)19-20-22(26-18-12-8-7-11-17(18)25-20)27(21(19)24)13-16-9-5-4-6-10-16/h4-12,15H,3,13-14,24H2,1-2H3/t15-/m0/s1. The Bertz CT molecular complexity index is 1170. The van der Waals surface area contributed by atoms with Crippen LogP contribution in [0.15, 0.2) is 54.6 Å². The molecular weight excluding hydrogens is 364 g/mol. The Morgan fingerprint density at radius 3 is 2.41 bits per heavy atom. The van der Waals surface area contributed by atoms with E-state index >= 15 is 0 Å². The van der Waals surface area contributed by atoms with Crippen LogP contribution in [0.3, 0.4) is 0 Å². The first-order valence-corrected chi connectivity index (χ1v) is 9.84. The smallest absolute Gasteiger partial charge is 0.344 e. The number of ether oxygens (including phenoxy) is 1. The highest BCUT2D eigenvalue weighted by Gasteiger charge is 2.25. The van der Waals surface area contributed by atoms with E-state index in [-0.39, 0.29) is 11.5 Å². The van der Waals surface area contributed by atoms with Crippen LogP contribution in [0.1, 0.15) is 36.2 Å². The molecule has 0 fully saturated rings. The van der Waals surface area contributed by atoms with Gasteiger partial charge in [0.1, 0.15) is 16.9 Å². The van der Waals surface area contributed by atoms with E-state index in [2.05, 4.69) is 6.92 Å². The van der Waals surface area contributed by atoms with E-state index in [1.54, 1.807) is 0 Å². The molecule has 6 nitrogen and oxygen atoms in total. The van der Waals surface area contributed by atoms with Crippen molar-refractivity contribution in [3.8, 4) is 0 Å². The van der Waals surface area contributed by atoms with Gasteiger partial charge in [0.2, 0.25) is 0 Å². The quantitative estimate of drug-likeness (QED) is 0.495. The van der Waals surface area contributed by atoms with Gasteiger partial charge in [-0.05, 0) is 23.6 Å². The lowest BCUT2D eigenvalue weighted by Crippen LogP contribution is -2.14. The first kappa shape index (κ1) is 18.9. The van der Waals surface area contributed by atoms with Crippen molar-refractivity contribution in [3.05, 3.63) is 65.7 Å². The van der Waals surface area contributed by atoms with E-state index < -0.39 is 5.97 Å². The second kappa shape index (κ2) is 7.91. The molecule has 6 heteroatoms. The van der Waals surface area contributed by atoms with Crippen molar-refractivity contribution in [2.24, 2.45) is 5.92 Å². The number of para-hydroxylation sites is 2. The lowest BCUT2D eigenvalue weighted by Gasteiger charge is -2.10. The number of fused-ring (bicyclic) bond motifs is 2. The fourth-order valence-electron chi connectivity index (χ4n) is 3.25. The first-order valence-electron chi connectivity index (χ1n) is 9.84. The molecule has 1 atom stereocenters. The van der Waals surface area contributed by atoms with Gasteiger partial charge in [0.15, 0.2) is 5.65 Å². The van der Waals surface area contributed by atoms with E-state index in [0.29, 0.717) is 35.7 Å². The molecule has 0 unspecified atom stereocenters. The van der Waals surface area contributed by atoms with Crippen molar-refractivity contribution in [2.45, 2.75) is 26.8 Å². The molecule has 4 aromatic rings. The Morgan fingerprint density at radius 1 is 1.07 bits per heavy atom. The van der Waals surface area contributed by atoms with Crippen molar-refractivity contribution in [1.82, 2.24) is 14.5 Å². The molecule has 0 bridgehead atoms. The van der Waals surface area contributed by atoms with Gasteiger partial charge in [-0.1, -0.05) is 62.7 Å². The van der Waals surface area contributed by atoms with Crippen molar-refractivity contribution in [1.29, 1.82) is 0 Å². The topological polar surface area (TPSA) is 83.0 Å². The first-order chi connectivity index (χ1) is 14.1. The molecule has 2 aromatic heterocycles. The number of carbonyl (C=O) groups is 1. The number of benzene rings is 2. The summed E-state index contributed by atoms with van der Waals surface area (Å²) in [6, 6.07) is 17.5. The van der Waals surface area contributed by atoms with Gasteiger partial charge in [0.25, 0.3) is 0 Å². The number of nitrogen functional groups attached to an aromatic ring is 1. The Kier molecular flexibility index (Phi) is 5.16. The summed E-state index contributed by atoms with van der Waals surface area (Å²) in [6.45, 7) is 4.95. The molecule has 2 N–H and O–H groups in total. The number of carbonyl (C=O) groups excluding carboxylic acids is 1. The van der Waals surface area contributed by atoms with E-state index in [1.165, 1.54) is 0 Å². The molecule has 0 radical (unpaired) electrons. The number of rotatable bonds is 6. The highest BCUT2D eigenvalue weighted by Crippen LogP contribution is 2.29. The number of anilines is 1. The van der Waals surface area contributed by atoms with E-state index in [0.717, 1.165) is 17.5 Å². The van der Waals surface area contributed by atoms with Crippen LogP contribution in [-0.4, -0.2) is 27.1 Å². The summed E-state index contributed by atoms with van der Waals surface area (Å²) >= 11 is 0. The zero-order valence-electron chi connectivity index (χ0n) is 16.6. The third-order valence-corrected chi connectivity index (χ3v) is 5.18. The number of hydrogen-bond donors (Lipinski definition) is 1. The van der Waals surface area contributed by atoms with Gasteiger partial charge in [-0.15, -0.1) is 0 Å². The average molecular weight is 388 g/mol. The van der Waals surface area contributed by atoms with E-state index in [9.17, 15) is 4.79 Å². The predicted molar refractivity (Wildman–Crippen MR) is 115 cm³/mol. The second-order valence-corrected chi connectivity index (χ2v) is 7.33. The highest BCUT2D eigenvalue weighted by atomic mass is 16.5. The molecule has 2 aromatic carbocycles. The second-order valence-electron chi connectivity index (χ2n) is 7.33. The van der Waals surface area contributed by atoms with Crippen LogP contribution in [0.4, 0.5) is 5.82 Å². The summed E-state index contributed by atoms with van der Waals surface area (Å²) < 4.78 is 7.38. The summed E-state index contributed by atoms with van der Waals surface area (Å²) in [5.74, 6) is 0.155. The third-order valence-electron chi connectivity index (χ3n) is 5.18. The maximum absolute atomic E-state index is 12.9. The number of aromatic nitrogens is 3. The molecule has 2 heterocycles. The number of esters is 1. The molecule has 0 saturated carbocycles. The molecular formula is C23H24N4O2. The minimum absolute atomic E-state index is 0.282. The van der Waals surface area contributed by atoms with Crippen LogP contribution < -0.4 is 5.73 Å². The van der Waals surface area contributed by atoms with Crippen molar-refractivity contribution < 1.29 is 9.53 Å². The van der Waals surface area contributed by atoms with Gasteiger partial charge in [-0.2, -0.15) is 0 Å². The molecule has 148 valence electrons. The monoisotopic (exact) mass is 388 g/mol. The van der Waals surface area contributed by atoms with Crippen LogP contribution in [0.2, 0.25) is 0 Å². The Labute approximate surface area is 169 Å². The minimum Gasteiger partial charge on any atom is -0.462 e. The summed E-state index contributed by atoms with van der Waals surface area (Å²) in [6.07, 6.45) is 0.934. The van der Waals surface area contributed by atoms with Gasteiger partial charge in [0, 0.05) is 0 Å². The largest absolute Gasteiger partial charge is 0.462 e. The van der Waals surface area contributed by atoms with Crippen LogP contribution >= 0.6 is 0 Å². The molecule has 0 aliphatic heterocycles. The fraction of sp³-hybridized carbons (Fsp3) is 0.261. The fourth-order valence-corrected chi connectivity index (χ4v) is 3.25. The maximum Gasteiger partial charge on any atom is 0.344 e. The normalized spacial score (nSPS) is 12.3. The summed E-state index contributed by atoms with van der Waals surface area (Å²) in [5, 5.41) is 0. The Morgan fingerprint density at radius 2 is 1.72 bits per heavy atom. The SMILES string of the molecule is CC[C@H](C)COC(=O)c1c(N)n(Cc2ccccc2)c2nc3ccccc3nc12. The van der Waals surface area contributed by atoms with Crippen LogP contribution in [-0.2, 0) is 11.3 Å². The molecule has 0 saturated heterocycles. The third kappa shape index (κ3) is 3.66. The zero-order chi connectivity index (χ0) is 20.4. The van der Waals surface area contributed by atoms with Gasteiger partial charge in [-0.25, -0.2) is 14.8 Å². The lowest BCUT2D eigenvalue weighted by atomic mass is 10.1. The van der Waals surface area contributed by atoms with Gasteiger partial charge >= 0.3 is 5.97 Å². The number of nitrogens with two attached hydrogens (primary N) is 1. The van der Waals surface area contributed by atoms with Crippen LogP contribution in [0.5, 0.6) is 0 Å². The molecule has 0 aliphatic rings. The van der Waals surface area contributed by atoms with E-state index in [4.69, 9.17) is 20.4 Å². The molecule has 29 heavy (non-hydrogen) atoms. The molecule has 4 rings (SSSR count). The average Bonchev–Trinajstić information content (AvgIpc) is 3.01. The van der Waals surface area contributed by atoms with Crippen LogP contribution in [0.25, 0.3) is 22.2 Å². The zero-order valence-corrected chi connectivity index (χ0v) is 16.6. The molecule has 0 amide bonds. The van der Waals surface area contributed by atoms with Crippen molar-refractivity contribution in [3.63, 3.8) is 0 Å².